The molecule has 0 fully saturated rings. The second-order valence-corrected chi connectivity index (χ2v) is 4.54. The first kappa shape index (κ1) is 9.36. The summed E-state index contributed by atoms with van der Waals surface area (Å²) in [5.74, 6) is 0. The predicted molar refractivity (Wildman–Crippen MR) is 69.3 cm³/mol. The van der Waals surface area contributed by atoms with Crippen molar-refractivity contribution in [2.24, 2.45) is 0 Å². The van der Waals surface area contributed by atoms with Crippen LogP contribution in [-0.4, -0.2) is 9.97 Å². The fraction of sp³-hybridized carbons (Fsp3) is 0. The van der Waals surface area contributed by atoms with E-state index in [4.69, 9.17) is 0 Å². The number of nitrogens with one attached hydrogen (secondary N) is 1. The number of thiazole rings is 1. The molecule has 2 nitrogen and oxygen atoms in total. The quantitative estimate of drug-likeness (QED) is 0.707. The first-order chi connectivity index (χ1) is 7.92. The molecule has 0 amide bonds. The van der Waals surface area contributed by atoms with E-state index in [0.717, 1.165) is 16.2 Å². The number of para-hydroxylation sites is 1. The third kappa shape index (κ3) is 1.77. The summed E-state index contributed by atoms with van der Waals surface area (Å²) in [5, 5.41) is 1.04. The van der Waals surface area contributed by atoms with Gasteiger partial charge in [0.2, 0.25) is 0 Å². The molecule has 0 saturated heterocycles. The largest absolute Gasteiger partial charge is 0.362 e. The molecule has 0 aliphatic heterocycles. The second-order valence-electron chi connectivity index (χ2n) is 3.48. The molecule has 2 aromatic heterocycles. The van der Waals surface area contributed by atoms with Gasteiger partial charge in [-0.1, -0.05) is 12.1 Å². The Labute approximate surface area is 97.3 Å². The number of fused-ring (bicyclic) bond motifs is 1. The molecule has 2 heterocycles. The minimum absolute atomic E-state index is 1.04. The third-order valence-electron chi connectivity index (χ3n) is 2.34. The number of nitrogens with zero attached hydrogens (tertiary/aromatic N) is 1. The summed E-state index contributed by atoms with van der Waals surface area (Å²) in [6, 6.07) is 12.2. The Morgan fingerprint density at radius 1 is 1.06 bits per heavy atom. The average Bonchev–Trinajstić information content (AvgIpc) is 2.95. The van der Waals surface area contributed by atoms with Gasteiger partial charge < -0.3 is 4.98 Å². The molecule has 3 heteroatoms. The first-order valence-electron chi connectivity index (χ1n) is 5.09. The lowest BCUT2D eigenvalue weighted by molar-refractivity contribution is 1.38. The van der Waals surface area contributed by atoms with Crippen molar-refractivity contribution >= 4 is 33.7 Å². The minimum Gasteiger partial charge on any atom is -0.362 e. The van der Waals surface area contributed by atoms with Gasteiger partial charge >= 0.3 is 0 Å². The van der Waals surface area contributed by atoms with Crippen LogP contribution in [0, 0.1) is 0 Å². The number of H-pyrrole nitrogens is 1. The zero-order chi connectivity index (χ0) is 10.8. The molecule has 0 radical (unpaired) electrons. The molecule has 0 bridgehead atoms. The Hall–Kier alpha value is -1.87. The lowest BCUT2D eigenvalue weighted by Crippen LogP contribution is -1.69. The van der Waals surface area contributed by atoms with Gasteiger partial charge in [0, 0.05) is 11.9 Å². The van der Waals surface area contributed by atoms with Gasteiger partial charge in [0.15, 0.2) is 0 Å². The van der Waals surface area contributed by atoms with Crippen molar-refractivity contribution < 1.29 is 0 Å². The molecule has 1 N–H and O–H groups in total. The van der Waals surface area contributed by atoms with Crippen molar-refractivity contribution in [3.05, 3.63) is 53.3 Å². The van der Waals surface area contributed by atoms with Crippen LogP contribution in [0.2, 0.25) is 0 Å². The van der Waals surface area contributed by atoms with Crippen molar-refractivity contribution in [2.45, 2.75) is 0 Å². The lowest BCUT2D eigenvalue weighted by atomic mass is 10.3. The molecule has 1 aromatic carbocycles. The van der Waals surface area contributed by atoms with Gasteiger partial charge in [0.25, 0.3) is 0 Å². The van der Waals surface area contributed by atoms with Crippen molar-refractivity contribution in [3.8, 4) is 0 Å². The highest BCUT2D eigenvalue weighted by Crippen LogP contribution is 2.22. The molecule has 0 aliphatic rings. The smallest absolute Gasteiger partial charge is 0.117 e. The Morgan fingerprint density at radius 2 is 2.00 bits per heavy atom. The topological polar surface area (TPSA) is 28.7 Å². The maximum atomic E-state index is 4.53. The van der Waals surface area contributed by atoms with Gasteiger partial charge in [-0.25, -0.2) is 4.98 Å². The number of benzene rings is 1. The van der Waals surface area contributed by atoms with E-state index in [2.05, 4.69) is 16.0 Å². The van der Waals surface area contributed by atoms with Gasteiger partial charge in [-0.2, -0.15) is 0 Å². The van der Waals surface area contributed by atoms with E-state index in [-0.39, 0.29) is 0 Å². The molecule has 16 heavy (non-hydrogen) atoms. The van der Waals surface area contributed by atoms with Crippen molar-refractivity contribution in [1.82, 2.24) is 9.97 Å². The van der Waals surface area contributed by atoms with Gasteiger partial charge in [0.1, 0.15) is 5.01 Å². The van der Waals surface area contributed by atoms with E-state index in [9.17, 15) is 0 Å². The molecular weight excluding hydrogens is 216 g/mol. The van der Waals surface area contributed by atoms with Crippen LogP contribution in [0.5, 0.6) is 0 Å². The molecule has 0 unspecified atom stereocenters. The molecule has 0 saturated carbocycles. The van der Waals surface area contributed by atoms with Crippen LogP contribution in [0.25, 0.3) is 22.4 Å². The van der Waals surface area contributed by atoms with E-state index in [1.165, 1.54) is 4.70 Å². The molecule has 78 valence electrons. The number of aromatic nitrogens is 2. The van der Waals surface area contributed by atoms with E-state index in [1.54, 1.807) is 11.3 Å². The Balaban J connectivity index is 1.95. The van der Waals surface area contributed by atoms with Crippen LogP contribution in [0.3, 0.4) is 0 Å². The number of hydrogen-bond donors (Lipinski definition) is 1. The molecular formula is C13H10N2S. The van der Waals surface area contributed by atoms with Crippen LogP contribution < -0.4 is 0 Å². The van der Waals surface area contributed by atoms with Crippen LogP contribution >= 0.6 is 11.3 Å². The highest BCUT2D eigenvalue weighted by atomic mass is 32.1. The molecule has 0 aliphatic carbocycles. The summed E-state index contributed by atoms with van der Waals surface area (Å²) >= 11 is 1.71. The Kier molecular flexibility index (Phi) is 2.31. The summed E-state index contributed by atoms with van der Waals surface area (Å²) in [7, 11) is 0. The van der Waals surface area contributed by atoms with Gasteiger partial charge in [0.05, 0.1) is 10.2 Å². The zero-order valence-electron chi connectivity index (χ0n) is 8.55. The van der Waals surface area contributed by atoms with Crippen LogP contribution in [0.4, 0.5) is 0 Å². The van der Waals surface area contributed by atoms with Gasteiger partial charge in [-0.15, -0.1) is 11.3 Å². The maximum absolute atomic E-state index is 4.53. The summed E-state index contributed by atoms with van der Waals surface area (Å²) in [6.07, 6.45) is 5.99. The molecule has 0 atom stereocenters. The standard InChI is InChI=1S/C13H10N2S/c1-2-6-12-11(5-1)15-13(16-12)8-7-10-4-3-9-14-10/h1-9,14H/b8-7-. The van der Waals surface area contributed by atoms with Gasteiger partial charge in [-0.05, 0) is 36.4 Å². The van der Waals surface area contributed by atoms with Crippen LogP contribution in [-0.2, 0) is 0 Å². The Morgan fingerprint density at radius 3 is 2.81 bits per heavy atom. The molecule has 3 rings (SSSR count). The summed E-state index contributed by atoms with van der Waals surface area (Å²) in [6.45, 7) is 0. The van der Waals surface area contributed by atoms with Gasteiger partial charge in [-0.3, -0.25) is 0 Å². The average molecular weight is 226 g/mol. The predicted octanol–water partition coefficient (Wildman–Crippen LogP) is 3.79. The van der Waals surface area contributed by atoms with Crippen molar-refractivity contribution in [1.29, 1.82) is 0 Å². The fourth-order valence-corrected chi connectivity index (χ4v) is 2.44. The van der Waals surface area contributed by atoms with E-state index >= 15 is 0 Å². The summed E-state index contributed by atoms with van der Waals surface area (Å²) in [4.78, 5) is 7.66. The maximum Gasteiger partial charge on any atom is 0.117 e. The number of aromatic amines is 1. The number of hydrogen-bond acceptors (Lipinski definition) is 2. The summed E-state index contributed by atoms with van der Waals surface area (Å²) < 4.78 is 1.23. The third-order valence-corrected chi connectivity index (χ3v) is 3.34. The SMILES string of the molecule is C(=C/c1nc2ccccc2s1)/c1ccc[nH]1. The zero-order valence-corrected chi connectivity index (χ0v) is 9.37. The molecule has 0 spiro atoms. The van der Waals surface area contributed by atoms with Crippen LogP contribution in [0.15, 0.2) is 42.6 Å². The lowest BCUT2D eigenvalue weighted by Gasteiger charge is -1.83. The summed E-state index contributed by atoms with van der Waals surface area (Å²) in [5.41, 5.74) is 2.16. The minimum atomic E-state index is 1.04. The normalized spacial score (nSPS) is 11.5. The van der Waals surface area contributed by atoms with Crippen molar-refractivity contribution in [3.63, 3.8) is 0 Å². The van der Waals surface area contributed by atoms with Crippen LogP contribution in [0.1, 0.15) is 10.7 Å². The highest BCUT2D eigenvalue weighted by molar-refractivity contribution is 7.19. The molecule has 3 aromatic rings. The second kappa shape index (κ2) is 3.94. The van der Waals surface area contributed by atoms with E-state index < -0.39 is 0 Å². The monoisotopic (exact) mass is 226 g/mol. The van der Waals surface area contributed by atoms with Crippen molar-refractivity contribution in [2.75, 3.05) is 0 Å². The number of rotatable bonds is 2. The Bertz CT molecular complexity index is 587. The first-order valence-corrected chi connectivity index (χ1v) is 5.90. The van der Waals surface area contributed by atoms with E-state index in [1.807, 2.05) is 48.7 Å². The highest BCUT2D eigenvalue weighted by Gasteiger charge is 1.98. The fourth-order valence-electron chi connectivity index (χ4n) is 1.57. The van der Waals surface area contributed by atoms with E-state index in [0.29, 0.717) is 0 Å².